The van der Waals surface area contributed by atoms with Crippen LogP contribution in [0.4, 0.5) is 0 Å². The Morgan fingerprint density at radius 1 is 1.33 bits per heavy atom. The van der Waals surface area contributed by atoms with Crippen LogP contribution in [0, 0.1) is 0 Å². The number of Topliss-reactive ketones (excluding diaryl/α,β-unsaturated/α-hetero) is 1. The molecule has 0 spiro atoms. The molecule has 1 amide bonds. The lowest BCUT2D eigenvalue weighted by Crippen LogP contribution is -2.59. The monoisotopic (exact) mass is 250 g/mol. The maximum absolute atomic E-state index is 11.9. The summed E-state index contributed by atoms with van der Waals surface area (Å²) in [6.45, 7) is 1.24. The van der Waals surface area contributed by atoms with E-state index in [1.54, 1.807) is 0 Å². The molecule has 0 radical (unpaired) electrons. The van der Waals surface area contributed by atoms with E-state index in [2.05, 4.69) is 5.32 Å². The average molecular weight is 250 g/mol. The van der Waals surface area contributed by atoms with Gasteiger partial charge in [0.1, 0.15) is 0 Å². The third-order valence-corrected chi connectivity index (χ3v) is 2.84. The SMILES string of the molecule is CC(=O)[C@@](N)(CCO)C(=O)NCc1ccccc1. The van der Waals surface area contributed by atoms with E-state index in [1.165, 1.54) is 6.92 Å². The molecule has 0 fully saturated rings. The fourth-order valence-electron chi connectivity index (χ4n) is 1.56. The standard InChI is InChI=1S/C13H18N2O3/c1-10(17)13(14,7-8-16)12(18)15-9-11-5-3-2-4-6-11/h2-6,16H,7-9,14H2,1H3,(H,15,18)/t13-/m0/s1. The Morgan fingerprint density at radius 2 is 1.94 bits per heavy atom. The molecule has 5 heteroatoms. The van der Waals surface area contributed by atoms with Gasteiger partial charge in [-0.1, -0.05) is 30.3 Å². The number of aliphatic hydroxyl groups excluding tert-OH is 1. The van der Waals surface area contributed by atoms with E-state index in [0.29, 0.717) is 6.54 Å². The van der Waals surface area contributed by atoms with E-state index in [9.17, 15) is 9.59 Å². The van der Waals surface area contributed by atoms with Gasteiger partial charge in [-0.15, -0.1) is 0 Å². The maximum atomic E-state index is 11.9. The summed E-state index contributed by atoms with van der Waals surface area (Å²) >= 11 is 0. The lowest BCUT2D eigenvalue weighted by molar-refractivity contribution is -0.135. The number of aliphatic hydroxyl groups is 1. The van der Waals surface area contributed by atoms with Crippen molar-refractivity contribution in [1.82, 2.24) is 5.32 Å². The number of nitrogens with one attached hydrogen (secondary N) is 1. The average Bonchev–Trinajstić information content (AvgIpc) is 2.37. The van der Waals surface area contributed by atoms with Gasteiger partial charge in [0.05, 0.1) is 0 Å². The number of nitrogens with two attached hydrogens (primary N) is 1. The van der Waals surface area contributed by atoms with Gasteiger partial charge in [-0.3, -0.25) is 9.59 Å². The van der Waals surface area contributed by atoms with Gasteiger partial charge >= 0.3 is 0 Å². The molecule has 1 aromatic rings. The molecule has 0 aliphatic carbocycles. The molecule has 1 rings (SSSR count). The molecule has 1 atom stereocenters. The largest absolute Gasteiger partial charge is 0.396 e. The van der Waals surface area contributed by atoms with Crippen molar-refractivity contribution in [3.8, 4) is 0 Å². The van der Waals surface area contributed by atoms with Crippen molar-refractivity contribution in [2.45, 2.75) is 25.4 Å². The van der Waals surface area contributed by atoms with E-state index in [-0.39, 0.29) is 13.0 Å². The highest BCUT2D eigenvalue weighted by atomic mass is 16.3. The number of hydrogen-bond acceptors (Lipinski definition) is 4. The van der Waals surface area contributed by atoms with Crippen LogP contribution in [0.15, 0.2) is 30.3 Å². The molecule has 0 aromatic heterocycles. The van der Waals surface area contributed by atoms with Crippen molar-refractivity contribution in [3.63, 3.8) is 0 Å². The zero-order valence-corrected chi connectivity index (χ0v) is 10.3. The molecule has 5 nitrogen and oxygen atoms in total. The second kappa shape index (κ2) is 6.28. The molecule has 0 saturated heterocycles. The van der Waals surface area contributed by atoms with Gasteiger partial charge in [-0.05, 0) is 12.5 Å². The molecule has 1 aromatic carbocycles. The highest BCUT2D eigenvalue weighted by Crippen LogP contribution is 2.09. The van der Waals surface area contributed by atoms with Crippen molar-refractivity contribution in [1.29, 1.82) is 0 Å². The third-order valence-electron chi connectivity index (χ3n) is 2.84. The molecule has 0 bridgehead atoms. The van der Waals surface area contributed by atoms with E-state index < -0.39 is 17.2 Å². The van der Waals surface area contributed by atoms with E-state index >= 15 is 0 Å². The first-order valence-corrected chi connectivity index (χ1v) is 5.73. The molecule has 0 unspecified atom stereocenters. The Kier molecular flexibility index (Phi) is 5.00. The smallest absolute Gasteiger partial charge is 0.248 e. The topological polar surface area (TPSA) is 92.4 Å². The summed E-state index contributed by atoms with van der Waals surface area (Å²) in [5.41, 5.74) is 5.01. The predicted octanol–water partition coefficient (Wildman–Crippen LogP) is -0.0283. The highest BCUT2D eigenvalue weighted by molar-refractivity contribution is 6.09. The second-order valence-corrected chi connectivity index (χ2v) is 4.17. The second-order valence-electron chi connectivity index (χ2n) is 4.17. The zero-order valence-electron chi connectivity index (χ0n) is 10.3. The Bertz CT molecular complexity index is 420. The van der Waals surface area contributed by atoms with Crippen LogP contribution in [-0.2, 0) is 16.1 Å². The maximum Gasteiger partial charge on any atom is 0.248 e. The molecule has 4 N–H and O–H groups in total. The molecular weight excluding hydrogens is 232 g/mol. The van der Waals surface area contributed by atoms with Crippen molar-refractivity contribution in [2.24, 2.45) is 5.73 Å². The van der Waals surface area contributed by atoms with Crippen LogP contribution in [-0.4, -0.2) is 28.9 Å². The Hall–Kier alpha value is -1.72. The Labute approximate surface area is 106 Å². The van der Waals surface area contributed by atoms with Crippen molar-refractivity contribution < 1.29 is 14.7 Å². The minimum absolute atomic E-state index is 0.0804. The van der Waals surface area contributed by atoms with Crippen LogP contribution >= 0.6 is 0 Å². The molecule has 18 heavy (non-hydrogen) atoms. The van der Waals surface area contributed by atoms with Gasteiger partial charge in [0.25, 0.3) is 0 Å². The van der Waals surface area contributed by atoms with Gasteiger partial charge in [0.2, 0.25) is 5.91 Å². The van der Waals surface area contributed by atoms with Crippen LogP contribution in [0.5, 0.6) is 0 Å². The zero-order chi connectivity index (χ0) is 13.6. The lowest BCUT2D eigenvalue weighted by atomic mass is 9.91. The number of ketones is 1. The molecule has 0 aliphatic rings. The number of benzene rings is 1. The van der Waals surface area contributed by atoms with Gasteiger partial charge in [0, 0.05) is 19.6 Å². The lowest BCUT2D eigenvalue weighted by Gasteiger charge is -2.24. The predicted molar refractivity (Wildman–Crippen MR) is 67.6 cm³/mol. The molecule has 0 heterocycles. The van der Waals surface area contributed by atoms with Gasteiger partial charge in [-0.2, -0.15) is 0 Å². The fraction of sp³-hybridized carbons (Fsp3) is 0.385. The van der Waals surface area contributed by atoms with Crippen molar-refractivity contribution >= 4 is 11.7 Å². The van der Waals surface area contributed by atoms with Crippen LogP contribution in [0.2, 0.25) is 0 Å². The third kappa shape index (κ3) is 3.38. The molecular formula is C13H18N2O3. The van der Waals surface area contributed by atoms with Gasteiger partial charge < -0.3 is 16.2 Å². The van der Waals surface area contributed by atoms with E-state index in [1.807, 2.05) is 30.3 Å². The summed E-state index contributed by atoms with van der Waals surface area (Å²) in [7, 11) is 0. The number of rotatable bonds is 6. The minimum atomic E-state index is -1.65. The summed E-state index contributed by atoms with van der Waals surface area (Å²) in [6, 6.07) is 9.31. The van der Waals surface area contributed by atoms with E-state index in [0.717, 1.165) is 5.56 Å². The summed E-state index contributed by atoms with van der Waals surface area (Å²) in [5.74, 6) is -1.02. The van der Waals surface area contributed by atoms with Crippen LogP contribution in [0.25, 0.3) is 0 Å². The van der Waals surface area contributed by atoms with E-state index in [4.69, 9.17) is 10.8 Å². The number of amides is 1. The molecule has 0 aliphatic heterocycles. The van der Waals surface area contributed by atoms with Crippen LogP contribution in [0.3, 0.4) is 0 Å². The van der Waals surface area contributed by atoms with Crippen molar-refractivity contribution in [2.75, 3.05) is 6.61 Å². The molecule has 98 valence electrons. The van der Waals surface area contributed by atoms with Gasteiger partial charge in [0.15, 0.2) is 11.3 Å². The number of carbonyl (C=O) groups is 2. The summed E-state index contributed by atoms with van der Waals surface area (Å²) < 4.78 is 0. The van der Waals surface area contributed by atoms with Crippen LogP contribution in [0.1, 0.15) is 18.9 Å². The summed E-state index contributed by atoms with van der Waals surface area (Å²) in [5, 5.41) is 11.5. The fourth-order valence-corrected chi connectivity index (χ4v) is 1.56. The first-order valence-electron chi connectivity index (χ1n) is 5.73. The summed E-state index contributed by atoms with van der Waals surface area (Å²) in [6.07, 6.45) is -0.0804. The number of carbonyl (C=O) groups excluding carboxylic acids is 2. The quantitative estimate of drug-likeness (QED) is 0.618. The summed E-state index contributed by atoms with van der Waals surface area (Å²) in [4.78, 5) is 23.3. The Morgan fingerprint density at radius 3 is 2.44 bits per heavy atom. The Balaban J connectivity index is 2.66. The van der Waals surface area contributed by atoms with Gasteiger partial charge in [-0.25, -0.2) is 0 Å². The normalized spacial score (nSPS) is 13.7. The molecule has 0 saturated carbocycles. The first kappa shape index (κ1) is 14.3. The highest BCUT2D eigenvalue weighted by Gasteiger charge is 2.38. The number of hydrogen-bond donors (Lipinski definition) is 3. The first-order chi connectivity index (χ1) is 8.50. The minimum Gasteiger partial charge on any atom is -0.396 e. The van der Waals surface area contributed by atoms with Crippen LogP contribution < -0.4 is 11.1 Å². The van der Waals surface area contributed by atoms with Crippen molar-refractivity contribution in [3.05, 3.63) is 35.9 Å².